The SMILES string of the molecule is COc1ccc(OC)c(C(N)c2cc(F)ccc2C)c1. The fraction of sp³-hybridized carbons (Fsp3) is 0.250. The molecule has 0 amide bonds. The van der Waals surface area contributed by atoms with Crippen LogP contribution in [0.4, 0.5) is 4.39 Å². The maximum atomic E-state index is 13.4. The molecule has 0 bridgehead atoms. The molecule has 0 radical (unpaired) electrons. The molecule has 3 nitrogen and oxygen atoms in total. The van der Waals surface area contributed by atoms with E-state index in [1.165, 1.54) is 12.1 Å². The maximum Gasteiger partial charge on any atom is 0.124 e. The predicted molar refractivity (Wildman–Crippen MR) is 76.7 cm³/mol. The number of benzene rings is 2. The molecule has 4 heteroatoms. The van der Waals surface area contributed by atoms with Gasteiger partial charge in [-0.3, -0.25) is 0 Å². The second-order valence-corrected chi connectivity index (χ2v) is 4.59. The number of nitrogens with two attached hydrogens (primary N) is 1. The van der Waals surface area contributed by atoms with E-state index in [-0.39, 0.29) is 5.82 Å². The normalized spacial score (nSPS) is 12.1. The molecule has 20 heavy (non-hydrogen) atoms. The standard InChI is InChI=1S/C16H18FNO2/c1-10-4-5-11(17)8-13(10)16(18)14-9-12(19-2)6-7-15(14)20-3/h4-9,16H,18H2,1-3H3. The zero-order valence-electron chi connectivity index (χ0n) is 11.8. The van der Waals surface area contributed by atoms with E-state index in [1.54, 1.807) is 32.4 Å². The Bertz CT molecular complexity index is 613. The van der Waals surface area contributed by atoms with Crippen LogP contribution in [0.2, 0.25) is 0 Å². The Morgan fingerprint density at radius 2 is 1.75 bits per heavy atom. The minimum absolute atomic E-state index is 0.303. The molecule has 2 N–H and O–H groups in total. The Morgan fingerprint density at radius 1 is 1.00 bits per heavy atom. The lowest BCUT2D eigenvalue weighted by atomic mass is 9.95. The van der Waals surface area contributed by atoms with Crippen LogP contribution in [0.15, 0.2) is 36.4 Å². The van der Waals surface area contributed by atoms with Gasteiger partial charge in [-0.15, -0.1) is 0 Å². The van der Waals surface area contributed by atoms with Crippen molar-refractivity contribution in [2.45, 2.75) is 13.0 Å². The summed E-state index contributed by atoms with van der Waals surface area (Å²) in [6.07, 6.45) is 0. The first kappa shape index (κ1) is 14.3. The zero-order chi connectivity index (χ0) is 14.7. The highest BCUT2D eigenvalue weighted by molar-refractivity contribution is 5.47. The summed E-state index contributed by atoms with van der Waals surface area (Å²) in [5.74, 6) is 1.04. The molecule has 1 unspecified atom stereocenters. The van der Waals surface area contributed by atoms with E-state index >= 15 is 0 Å². The van der Waals surface area contributed by atoms with Gasteiger partial charge in [0, 0.05) is 5.56 Å². The first-order chi connectivity index (χ1) is 9.56. The van der Waals surface area contributed by atoms with E-state index in [4.69, 9.17) is 15.2 Å². The summed E-state index contributed by atoms with van der Waals surface area (Å²) in [6, 6.07) is 9.53. The van der Waals surface area contributed by atoms with Crippen molar-refractivity contribution in [3.05, 3.63) is 58.9 Å². The van der Waals surface area contributed by atoms with Crippen molar-refractivity contribution in [3.8, 4) is 11.5 Å². The van der Waals surface area contributed by atoms with Crippen LogP contribution in [0.5, 0.6) is 11.5 Å². The van der Waals surface area contributed by atoms with Crippen LogP contribution in [0.3, 0.4) is 0 Å². The molecule has 0 aliphatic rings. The zero-order valence-corrected chi connectivity index (χ0v) is 11.8. The summed E-state index contributed by atoms with van der Waals surface area (Å²) in [5.41, 5.74) is 8.72. The van der Waals surface area contributed by atoms with Crippen molar-refractivity contribution < 1.29 is 13.9 Å². The van der Waals surface area contributed by atoms with Crippen molar-refractivity contribution in [1.29, 1.82) is 0 Å². The fourth-order valence-electron chi connectivity index (χ4n) is 2.20. The first-order valence-corrected chi connectivity index (χ1v) is 6.30. The van der Waals surface area contributed by atoms with E-state index in [2.05, 4.69) is 0 Å². The molecule has 0 aromatic heterocycles. The van der Waals surface area contributed by atoms with Crippen LogP contribution in [0, 0.1) is 12.7 Å². The maximum absolute atomic E-state index is 13.4. The molecule has 1 atom stereocenters. The molecular formula is C16H18FNO2. The summed E-state index contributed by atoms with van der Waals surface area (Å²) in [4.78, 5) is 0. The van der Waals surface area contributed by atoms with Gasteiger partial charge in [-0.2, -0.15) is 0 Å². The van der Waals surface area contributed by atoms with Gasteiger partial charge in [0.25, 0.3) is 0 Å². The Morgan fingerprint density at radius 3 is 2.40 bits per heavy atom. The van der Waals surface area contributed by atoms with Crippen LogP contribution in [-0.2, 0) is 0 Å². The topological polar surface area (TPSA) is 44.5 Å². The first-order valence-electron chi connectivity index (χ1n) is 6.30. The predicted octanol–water partition coefficient (Wildman–Crippen LogP) is 3.20. The third kappa shape index (κ3) is 2.75. The number of methoxy groups -OCH3 is 2. The van der Waals surface area contributed by atoms with Gasteiger partial charge in [-0.05, 0) is 48.4 Å². The van der Waals surface area contributed by atoms with Crippen molar-refractivity contribution in [2.75, 3.05) is 14.2 Å². The molecule has 2 aromatic rings. The van der Waals surface area contributed by atoms with Crippen molar-refractivity contribution in [1.82, 2.24) is 0 Å². The highest BCUT2D eigenvalue weighted by Crippen LogP contribution is 2.33. The molecule has 2 rings (SSSR count). The Hall–Kier alpha value is -2.07. The molecule has 0 saturated carbocycles. The molecular weight excluding hydrogens is 257 g/mol. The van der Waals surface area contributed by atoms with E-state index in [1.807, 2.05) is 13.0 Å². The Kier molecular flexibility index (Phi) is 4.25. The molecule has 0 fully saturated rings. The summed E-state index contributed by atoms with van der Waals surface area (Å²) in [7, 11) is 3.17. The highest BCUT2D eigenvalue weighted by atomic mass is 19.1. The van der Waals surface area contributed by atoms with Gasteiger partial charge in [-0.25, -0.2) is 4.39 Å². The van der Waals surface area contributed by atoms with Gasteiger partial charge < -0.3 is 15.2 Å². The molecule has 0 saturated heterocycles. The molecule has 0 aliphatic heterocycles. The lowest BCUT2D eigenvalue weighted by Gasteiger charge is -2.19. The average Bonchev–Trinajstić information content (AvgIpc) is 2.48. The number of hydrogen-bond acceptors (Lipinski definition) is 3. The summed E-state index contributed by atoms with van der Waals surface area (Å²) >= 11 is 0. The summed E-state index contributed by atoms with van der Waals surface area (Å²) < 4.78 is 24.0. The van der Waals surface area contributed by atoms with E-state index in [9.17, 15) is 4.39 Å². The van der Waals surface area contributed by atoms with Gasteiger partial charge in [0.1, 0.15) is 17.3 Å². The number of halogens is 1. The van der Waals surface area contributed by atoms with Crippen LogP contribution in [0.25, 0.3) is 0 Å². The number of rotatable bonds is 4. The quantitative estimate of drug-likeness (QED) is 0.932. The van der Waals surface area contributed by atoms with Crippen LogP contribution < -0.4 is 15.2 Å². The fourth-order valence-corrected chi connectivity index (χ4v) is 2.20. The van der Waals surface area contributed by atoms with Crippen LogP contribution in [0.1, 0.15) is 22.7 Å². The van der Waals surface area contributed by atoms with Crippen molar-refractivity contribution >= 4 is 0 Å². The van der Waals surface area contributed by atoms with Crippen molar-refractivity contribution in [2.24, 2.45) is 5.73 Å². The minimum Gasteiger partial charge on any atom is -0.497 e. The largest absolute Gasteiger partial charge is 0.497 e. The van der Waals surface area contributed by atoms with Gasteiger partial charge >= 0.3 is 0 Å². The van der Waals surface area contributed by atoms with E-state index in [0.717, 1.165) is 16.7 Å². The lowest BCUT2D eigenvalue weighted by molar-refractivity contribution is 0.397. The summed E-state index contributed by atoms with van der Waals surface area (Å²) in [5, 5.41) is 0. The van der Waals surface area contributed by atoms with Crippen LogP contribution >= 0.6 is 0 Å². The van der Waals surface area contributed by atoms with Crippen LogP contribution in [-0.4, -0.2) is 14.2 Å². The third-order valence-corrected chi connectivity index (χ3v) is 3.35. The monoisotopic (exact) mass is 275 g/mol. The second-order valence-electron chi connectivity index (χ2n) is 4.59. The number of ether oxygens (including phenoxy) is 2. The summed E-state index contributed by atoms with van der Waals surface area (Å²) in [6.45, 7) is 1.90. The Balaban J connectivity index is 2.51. The van der Waals surface area contributed by atoms with Gasteiger partial charge in [0.2, 0.25) is 0 Å². The molecule has 2 aromatic carbocycles. The van der Waals surface area contributed by atoms with Gasteiger partial charge in [0.15, 0.2) is 0 Å². The van der Waals surface area contributed by atoms with E-state index in [0.29, 0.717) is 11.5 Å². The molecule has 106 valence electrons. The van der Waals surface area contributed by atoms with Gasteiger partial charge in [0.05, 0.1) is 20.3 Å². The minimum atomic E-state index is -0.476. The van der Waals surface area contributed by atoms with Crippen molar-refractivity contribution in [3.63, 3.8) is 0 Å². The molecule has 0 heterocycles. The van der Waals surface area contributed by atoms with Gasteiger partial charge in [-0.1, -0.05) is 6.07 Å². The average molecular weight is 275 g/mol. The molecule has 0 spiro atoms. The third-order valence-electron chi connectivity index (χ3n) is 3.35. The highest BCUT2D eigenvalue weighted by Gasteiger charge is 2.17. The Labute approximate surface area is 118 Å². The molecule has 0 aliphatic carbocycles. The lowest BCUT2D eigenvalue weighted by Crippen LogP contribution is -2.15. The second kappa shape index (κ2) is 5.92. The number of hydrogen-bond donors (Lipinski definition) is 1. The van der Waals surface area contributed by atoms with E-state index < -0.39 is 6.04 Å². The number of aryl methyl sites for hydroxylation is 1. The smallest absolute Gasteiger partial charge is 0.124 e.